The van der Waals surface area contributed by atoms with Gasteiger partial charge in [0.05, 0.1) is 6.61 Å². The van der Waals surface area contributed by atoms with E-state index in [0.29, 0.717) is 24.6 Å². The first-order chi connectivity index (χ1) is 8.54. The van der Waals surface area contributed by atoms with Crippen molar-refractivity contribution in [1.29, 1.82) is 0 Å². The standard InChI is InChI=1S/C15H21NO2/c1-5-18-15(17)12(4)10-16-14-8-6-13(7-9-14)11(2)3/h6-9,11,16H,4-5,10H2,1-3H3. The van der Waals surface area contributed by atoms with Crippen LogP contribution in [-0.4, -0.2) is 19.1 Å². The smallest absolute Gasteiger partial charge is 0.335 e. The van der Waals surface area contributed by atoms with Gasteiger partial charge in [-0.05, 0) is 30.5 Å². The zero-order chi connectivity index (χ0) is 13.5. The van der Waals surface area contributed by atoms with Gasteiger partial charge in [0.1, 0.15) is 0 Å². The number of nitrogens with one attached hydrogen (secondary N) is 1. The first-order valence-corrected chi connectivity index (χ1v) is 6.23. The number of anilines is 1. The predicted molar refractivity (Wildman–Crippen MR) is 74.8 cm³/mol. The average molecular weight is 247 g/mol. The molecule has 0 aliphatic carbocycles. The minimum absolute atomic E-state index is 0.344. The number of rotatable bonds is 6. The molecule has 0 unspecified atom stereocenters. The number of carbonyl (C=O) groups is 1. The van der Waals surface area contributed by atoms with E-state index in [1.807, 2.05) is 12.1 Å². The van der Waals surface area contributed by atoms with Crippen LogP contribution in [0.2, 0.25) is 0 Å². The Morgan fingerprint density at radius 1 is 1.33 bits per heavy atom. The van der Waals surface area contributed by atoms with Crippen LogP contribution in [0.15, 0.2) is 36.4 Å². The number of esters is 1. The summed E-state index contributed by atoms with van der Waals surface area (Å²) in [4.78, 5) is 11.3. The topological polar surface area (TPSA) is 38.3 Å². The van der Waals surface area contributed by atoms with Gasteiger partial charge in [-0.2, -0.15) is 0 Å². The molecule has 1 N–H and O–H groups in total. The molecule has 1 aromatic carbocycles. The largest absolute Gasteiger partial charge is 0.463 e. The van der Waals surface area contributed by atoms with Gasteiger partial charge in [-0.3, -0.25) is 0 Å². The molecule has 0 saturated carbocycles. The van der Waals surface area contributed by atoms with Gasteiger partial charge in [0, 0.05) is 17.8 Å². The summed E-state index contributed by atoms with van der Waals surface area (Å²) in [6.07, 6.45) is 0. The molecule has 0 radical (unpaired) electrons. The zero-order valence-corrected chi connectivity index (χ0v) is 11.3. The summed E-state index contributed by atoms with van der Waals surface area (Å²) in [6, 6.07) is 8.18. The third-order valence-electron chi connectivity index (χ3n) is 2.65. The highest BCUT2D eigenvalue weighted by molar-refractivity contribution is 5.88. The molecule has 1 aromatic rings. The summed E-state index contributed by atoms with van der Waals surface area (Å²) >= 11 is 0. The predicted octanol–water partition coefficient (Wildman–Crippen LogP) is 3.34. The summed E-state index contributed by atoms with van der Waals surface area (Å²) in [5.74, 6) is 0.178. The van der Waals surface area contributed by atoms with Crippen LogP contribution in [0.3, 0.4) is 0 Å². The van der Waals surface area contributed by atoms with Crippen LogP contribution in [-0.2, 0) is 9.53 Å². The lowest BCUT2D eigenvalue weighted by Crippen LogP contribution is -2.14. The molecule has 0 aromatic heterocycles. The summed E-state index contributed by atoms with van der Waals surface area (Å²) in [5, 5.41) is 3.15. The summed E-state index contributed by atoms with van der Waals surface area (Å²) in [7, 11) is 0. The lowest BCUT2D eigenvalue weighted by atomic mass is 10.0. The van der Waals surface area contributed by atoms with Crippen LogP contribution in [0.1, 0.15) is 32.3 Å². The van der Waals surface area contributed by atoms with Crippen LogP contribution in [0.25, 0.3) is 0 Å². The third kappa shape index (κ3) is 4.24. The van der Waals surface area contributed by atoms with Crippen molar-refractivity contribution in [3.8, 4) is 0 Å². The molecule has 3 nitrogen and oxygen atoms in total. The minimum Gasteiger partial charge on any atom is -0.463 e. The maximum Gasteiger partial charge on any atom is 0.335 e. The Bertz CT molecular complexity index is 407. The highest BCUT2D eigenvalue weighted by Gasteiger charge is 2.07. The van der Waals surface area contributed by atoms with Gasteiger partial charge in [0.25, 0.3) is 0 Å². The third-order valence-corrected chi connectivity index (χ3v) is 2.65. The summed E-state index contributed by atoms with van der Waals surface area (Å²) in [6.45, 7) is 10.6. The monoisotopic (exact) mass is 247 g/mol. The Labute approximate surface area is 109 Å². The first-order valence-electron chi connectivity index (χ1n) is 6.23. The highest BCUT2D eigenvalue weighted by atomic mass is 16.5. The quantitative estimate of drug-likeness (QED) is 0.619. The first kappa shape index (κ1) is 14.3. The van der Waals surface area contributed by atoms with E-state index >= 15 is 0 Å². The lowest BCUT2D eigenvalue weighted by Gasteiger charge is -2.10. The van der Waals surface area contributed by atoms with E-state index < -0.39 is 0 Å². The minimum atomic E-state index is -0.344. The molecule has 0 heterocycles. The van der Waals surface area contributed by atoms with Crippen molar-refractivity contribution in [1.82, 2.24) is 0 Å². The number of ether oxygens (including phenoxy) is 1. The fourth-order valence-corrected chi connectivity index (χ4v) is 1.50. The molecular formula is C15H21NO2. The Balaban J connectivity index is 2.48. The van der Waals surface area contributed by atoms with Crippen molar-refractivity contribution in [3.05, 3.63) is 42.0 Å². The maximum absolute atomic E-state index is 11.3. The molecule has 0 aliphatic heterocycles. The van der Waals surface area contributed by atoms with Crippen LogP contribution >= 0.6 is 0 Å². The van der Waals surface area contributed by atoms with Crippen LogP contribution in [0.5, 0.6) is 0 Å². The van der Waals surface area contributed by atoms with Crippen molar-refractivity contribution in [2.75, 3.05) is 18.5 Å². The van der Waals surface area contributed by atoms with Crippen molar-refractivity contribution in [2.24, 2.45) is 0 Å². The molecule has 18 heavy (non-hydrogen) atoms. The van der Waals surface area contributed by atoms with Gasteiger partial charge in [0.15, 0.2) is 0 Å². The SMILES string of the molecule is C=C(CNc1ccc(C(C)C)cc1)C(=O)OCC. The van der Waals surface area contributed by atoms with E-state index in [2.05, 4.69) is 37.9 Å². The normalized spacial score (nSPS) is 10.2. The van der Waals surface area contributed by atoms with Gasteiger partial charge >= 0.3 is 5.97 Å². The molecule has 0 saturated heterocycles. The summed E-state index contributed by atoms with van der Waals surface area (Å²) in [5.41, 5.74) is 2.71. The highest BCUT2D eigenvalue weighted by Crippen LogP contribution is 2.17. The van der Waals surface area contributed by atoms with Crippen LogP contribution < -0.4 is 5.32 Å². The van der Waals surface area contributed by atoms with E-state index in [9.17, 15) is 4.79 Å². The molecule has 1 rings (SSSR count). The fourth-order valence-electron chi connectivity index (χ4n) is 1.50. The second-order valence-corrected chi connectivity index (χ2v) is 4.45. The molecular weight excluding hydrogens is 226 g/mol. The molecule has 0 fully saturated rings. The second-order valence-electron chi connectivity index (χ2n) is 4.45. The fraction of sp³-hybridized carbons (Fsp3) is 0.400. The lowest BCUT2D eigenvalue weighted by molar-refractivity contribution is -0.138. The molecule has 0 amide bonds. The van der Waals surface area contributed by atoms with Gasteiger partial charge in [-0.25, -0.2) is 4.79 Å². The summed E-state index contributed by atoms with van der Waals surface area (Å²) < 4.78 is 4.86. The Morgan fingerprint density at radius 3 is 2.44 bits per heavy atom. The van der Waals surface area contributed by atoms with Gasteiger partial charge < -0.3 is 10.1 Å². The number of carbonyl (C=O) groups excluding carboxylic acids is 1. The van der Waals surface area contributed by atoms with Gasteiger partial charge in [-0.15, -0.1) is 0 Å². The van der Waals surface area contributed by atoms with Crippen molar-refractivity contribution >= 4 is 11.7 Å². The van der Waals surface area contributed by atoms with Crippen LogP contribution in [0, 0.1) is 0 Å². The van der Waals surface area contributed by atoms with E-state index in [1.54, 1.807) is 6.92 Å². The molecule has 0 spiro atoms. The Hall–Kier alpha value is -1.77. The zero-order valence-electron chi connectivity index (χ0n) is 11.3. The van der Waals surface area contributed by atoms with E-state index in [4.69, 9.17) is 4.74 Å². The van der Waals surface area contributed by atoms with Crippen molar-refractivity contribution in [3.63, 3.8) is 0 Å². The molecule has 0 aliphatic rings. The molecule has 0 bridgehead atoms. The Kier molecular flexibility index (Phi) is 5.43. The number of hydrogen-bond donors (Lipinski definition) is 1. The molecule has 98 valence electrons. The van der Waals surface area contributed by atoms with E-state index in [0.717, 1.165) is 5.69 Å². The Morgan fingerprint density at radius 2 is 1.94 bits per heavy atom. The van der Waals surface area contributed by atoms with E-state index in [1.165, 1.54) is 5.56 Å². The average Bonchev–Trinajstić information content (AvgIpc) is 2.36. The second kappa shape index (κ2) is 6.84. The van der Waals surface area contributed by atoms with Crippen molar-refractivity contribution in [2.45, 2.75) is 26.7 Å². The number of hydrogen-bond acceptors (Lipinski definition) is 3. The molecule has 3 heteroatoms. The maximum atomic E-state index is 11.3. The van der Waals surface area contributed by atoms with E-state index in [-0.39, 0.29) is 5.97 Å². The van der Waals surface area contributed by atoms with Gasteiger partial charge in [0.2, 0.25) is 0 Å². The van der Waals surface area contributed by atoms with Crippen molar-refractivity contribution < 1.29 is 9.53 Å². The van der Waals surface area contributed by atoms with Gasteiger partial charge in [-0.1, -0.05) is 32.6 Å². The molecule has 0 atom stereocenters. The van der Waals surface area contributed by atoms with Crippen LogP contribution in [0.4, 0.5) is 5.69 Å². The number of benzene rings is 1.